The van der Waals surface area contributed by atoms with Gasteiger partial charge in [0.2, 0.25) is 31.0 Å². The maximum atomic E-state index is 10.7. The molecule has 0 N–H and O–H groups in total. The van der Waals surface area contributed by atoms with E-state index in [1.165, 1.54) is 108 Å². The van der Waals surface area contributed by atoms with Crippen LogP contribution < -0.4 is 11.4 Å². The monoisotopic (exact) mass is 1980 g/mol. The van der Waals surface area contributed by atoms with E-state index in [1.807, 2.05) is 166 Å². The second-order valence-electron chi connectivity index (χ2n) is 33.3. The first-order chi connectivity index (χ1) is 63.4. The Morgan fingerprint density at radius 3 is 0.809 bits per heavy atom. The van der Waals surface area contributed by atoms with Crippen LogP contribution in [0.2, 0.25) is 0 Å². The van der Waals surface area contributed by atoms with Crippen molar-refractivity contribution in [3.63, 3.8) is 0 Å². The topological polar surface area (TPSA) is 350 Å². The third-order valence-electron chi connectivity index (χ3n) is 6.44. The molecule has 9 aromatic heterocycles. The normalized spacial score (nSPS) is 9.15. The van der Waals surface area contributed by atoms with Crippen LogP contribution in [-0.2, 0) is 58.9 Å². The van der Waals surface area contributed by atoms with Crippen molar-refractivity contribution < 1.29 is 18.5 Å². The molecule has 33 heteroatoms. The van der Waals surface area contributed by atoms with Gasteiger partial charge in [0.05, 0.1) is 24.9 Å². The number of hydrogen-bond donors (Lipinski definition) is 0. The smallest absolute Gasteiger partial charge is 0.345 e. The van der Waals surface area contributed by atoms with Crippen molar-refractivity contribution in [2.75, 3.05) is 13.6 Å². The van der Waals surface area contributed by atoms with E-state index in [2.05, 4.69) is 337 Å². The zero-order valence-electron chi connectivity index (χ0n) is 101. The molecule has 814 valence electrons. The van der Waals surface area contributed by atoms with Crippen LogP contribution in [0, 0.1) is 64.1 Å². The number of aryl methyl sites for hydroxylation is 7. The molecular weight excluding hydrogens is 1750 g/mol. The summed E-state index contributed by atoms with van der Waals surface area (Å²) in [5.74, 6) is 7.52. The van der Waals surface area contributed by atoms with E-state index < -0.39 is 0 Å². The number of nitrogens with zero attached hydrogens (tertiary/aromatic N) is 25. The number of carbonyl (C=O) groups is 2. The van der Waals surface area contributed by atoms with Gasteiger partial charge in [0.1, 0.15) is 48.4 Å². The SMILES string of the molecule is CC.CC.CC.CC.CC.CC.CC.CC.CC.CC.CC.CC(C)(C)C.CC(C)(C)C.CC(C)C.CC(C)C.CC(C)C.CC(C)C.CC(C)C.CC(C)C.CC(C)C.CC(C)C.CC(C)C.CN1C=NCC1=O.Cn1ccn(C)c1=O.Cn1ccnn1.Cn1cncn1.Cn1cnn(C)c1=O.Cn1nccn1.O=C1CC=CC=N1.c1ncon1.c1ncsn1.c1nnco1.c1nncs1. The largest absolute Gasteiger partial charge is 0.431 e. The Kier molecular flexibility index (Phi) is 219. The summed E-state index contributed by atoms with van der Waals surface area (Å²) in [5.41, 5.74) is 5.97. The van der Waals surface area contributed by atoms with Crippen molar-refractivity contribution in [3.8, 4) is 0 Å². The Balaban J connectivity index is -0.0000000497. The molecule has 0 unspecified atom stereocenters. The number of likely N-dealkylation sites (N-methyl/N-ethyl adjacent to an activating group) is 1. The number of hydrogen-bond acceptors (Lipinski definition) is 24. The Morgan fingerprint density at radius 2 is 0.721 bits per heavy atom. The molecule has 11 rings (SSSR count). The maximum absolute atomic E-state index is 10.7. The van der Waals surface area contributed by atoms with E-state index in [0.717, 1.165) is 53.3 Å². The molecule has 2 aliphatic heterocycles. The van der Waals surface area contributed by atoms with Gasteiger partial charge in [-0.05, 0) is 81.7 Å². The zero-order chi connectivity index (χ0) is 113. The van der Waals surface area contributed by atoms with Gasteiger partial charge in [-0.2, -0.15) is 29.6 Å². The molecule has 0 bridgehead atoms. The number of aromatic nitrogens is 22. The highest BCUT2D eigenvalue weighted by Crippen LogP contribution is 2.08. The van der Waals surface area contributed by atoms with E-state index in [9.17, 15) is 19.2 Å². The van der Waals surface area contributed by atoms with Crippen LogP contribution in [0.4, 0.5) is 0 Å². The Morgan fingerprint density at radius 1 is 0.368 bits per heavy atom. The predicted octanol–water partition coefficient (Wildman–Crippen LogP) is 29.9. The molecule has 0 saturated heterocycles. The summed E-state index contributed by atoms with van der Waals surface area (Å²) >= 11 is 2.84. The van der Waals surface area contributed by atoms with Gasteiger partial charge in [-0.3, -0.25) is 28.5 Å². The first kappa shape index (κ1) is 183. The van der Waals surface area contributed by atoms with Crippen LogP contribution >= 0.6 is 22.9 Å². The number of dihydropyridines is 1. The maximum Gasteiger partial charge on any atom is 0.345 e. The average molecular weight is 1980 g/mol. The molecular formula is C103H229N25O6S2. The van der Waals surface area contributed by atoms with E-state index in [4.69, 9.17) is 0 Å². The van der Waals surface area contributed by atoms with Gasteiger partial charge in [0, 0.05) is 87.6 Å². The van der Waals surface area contributed by atoms with E-state index in [1.54, 1.807) is 124 Å². The highest BCUT2D eigenvalue weighted by Gasteiger charge is 2.09. The molecule has 0 spiro atoms. The van der Waals surface area contributed by atoms with Gasteiger partial charge in [0.25, 0.3) is 0 Å². The molecule has 0 atom stereocenters. The fraction of sp³-hybridized carbons (Fsp3) is 0.757. The van der Waals surface area contributed by atoms with Crippen molar-refractivity contribution in [2.24, 2.45) is 123 Å². The fourth-order valence-corrected chi connectivity index (χ4v) is 3.79. The second-order valence-corrected chi connectivity index (χ2v) is 34.6. The molecule has 0 aliphatic carbocycles. The third-order valence-corrected chi connectivity index (χ3v) is 7.31. The van der Waals surface area contributed by atoms with Crippen molar-refractivity contribution in [1.82, 2.24) is 113 Å². The lowest BCUT2D eigenvalue weighted by Gasteiger charge is -2.05. The number of rotatable bonds is 0. The Bertz CT molecular complexity index is 2880. The standard InChI is InChI=1S/C5H8N2O.C5H5NO.2C5H12.C4H7N3O.C4H6N2O.9C4H10.3C3H5N3.2C2H2N2O.2C2H2N2S.11C2H6/c1-6-3-4-7(2)5(6)8;7-5-3-1-2-4-6-5;2*1-5(2,3)4;1-6-3-5-7(2)4(6)8;1-6-3-5-2-4(6)7;9*1-4(2)3;1-6-3-4-2-5-6;1-6-3-2-4-5-6;1-6-4-2-3-5-6;1-3-4-2-5-1;1-3-2-5-4-1;1-3-4-2-5-1;1-3-2-5-4-1;11*1-2/h3-4H,1-2H3;1-2,4H,3H2;2*1-4H3;3H,1-2H3;3H,2H2,1H3;9*4H,1-3H3;3*2-3H,1H3;4*1-2H;11*1-2H3. The summed E-state index contributed by atoms with van der Waals surface area (Å²) in [6, 6.07) is 0. The van der Waals surface area contributed by atoms with Gasteiger partial charge in [-0.1, -0.05) is 411 Å². The van der Waals surface area contributed by atoms with Crippen LogP contribution in [-0.4, -0.2) is 151 Å². The lowest BCUT2D eigenvalue weighted by molar-refractivity contribution is -0.123. The zero-order valence-corrected chi connectivity index (χ0v) is 103. The average Bonchev–Trinajstić information content (AvgIpc) is 1.77. The molecule has 2 amide bonds. The molecule has 136 heavy (non-hydrogen) atoms. The molecule has 9 aromatic rings. The summed E-state index contributed by atoms with van der Waals surface area (Å²) in [7, 11) is 13.8. The highest BCUT2D eigenvalue weighted by atomic mass is 32.1. The molecule has 0 saturated carbocycles. The minimum Gasteiger partial charge on any atom is -0.431 e. The lowest BCUT2D eigenvalue weighted by atomic mass is 10.0. The summed E-state index contributed by atoms with van der Waals surface area (Å²) < 4.78 is 21.3. The molecule has 0 aromatic carbocycles. The van der Waals surface area contributed by atoms with Crippen LogP contribution in [0.5, 0.6) is 0 Å². The second kappa shape index (κ2) is 163. The van der Waals surface area contributed by atoms with Gasteiger partial charge >= 0.3 is 11.4 Å². The van der Waals surface area contributed by atoms with Crippen LogP contribution in [0.3, 0.4) is 0 Å². The van der Waals surface area contributed by atoms with Crippen LogP contribution in [0.15, 0.2) is 145 Å². The summed E-state index contributed by atoms with van der Waals surface area (Å²) in [4.78, 5) is 62.8. The van der Waals surface area contributed by atoms with Crippen molar-refractivity contribution in [2.45, 2.75) is 401 Å². The quantitative estimate of drug-likeness (QED) is 0.136. The number of allylic oxidation sites excluding steroid dienone is 1. The first-order valence-corrected chi connectivity index (χ1v) is 51.0. The molecule has 0 fully saturated rings. The van der Waals surface area contributed by atoms with Crippen LogP contribution in [0.25, 0.3) is 0 Å². The molecule has 31 nitrogen and oxygen atoms in total. The molecule has 0 radical (unpaired) electrons. The van der Waals surface area contributed by atoms with Crippen LogP contribution in [0.1, 0.15) is 401 Å². The van der Waals surface area contributed by atoms with Crippen molar-refractivity contribution in [1.29, 1.82) is 0 Å². The molecule has 2 aliphatic rings. The Hall–Kier alpha value is -9.01. The Labute approximate surface area is 849 Å². The number of carbonyl (C=O) groups excluding carboxylic acids is 2. The van der Waals surface area contributed by atoms with E-state index in [-0.39, 0.29) is 23.2 Å². The summed E-state index contributed by atoms with van der Waals surface area (Å²) in [6.07, 6.45) is 28.5. The number of aliphatic imine (C=N–C) groups is 2. The summed E-state index contributed by atoms with van der Waals surface area (Å²) in [5, 5.41) is 38.8. The van der Waals surface area contributed by atoms with Crippen molar-refractivity contribution >= 4 is 47.2 Å². The van der Waals surface area contributed by atoms with Crippen molar-refractivity contribution in [3.05, 3.63) is 138 Å². The van der Waals surface area contributed by atoms with Gasteiger partial charge < -0.3 is 23.0 Å². The molecule has 11 heterocycles. The fourth-order valence-electron chi connectivity index (χ4n) is 3.25. The third kappa shape index (κ3) is 333. The van der Waals surface area contributed by atoms with Gasteiger partial charge in [-0.15, -0.1) is 36.8 Å². The first-order valence-electron chi connectivity index (χ1n) is 49.3. The minimum absolute atomic E-state index is 0.0185. The summed E-state index contributed by atoms with van der Waals surface area (Å²) in [6.45, 7) is 120. The number of amides is 2. The van der Waals surface area contributed by atoms with Gasteiger partial charge in [-0.25, -0.2) is 34.2 Å². The van der Waals surface area contributed by atoms with Gasteiger partial charge in [0.15, 0.2) is 6.33 Å². The van der Waals surface area contributed by atoms with E-state index >= 15 is 0 Å². The van der Waals surface area contributed by atoms with E-state index in [0.29, 0.717) is 23.8 Å². The minimum atomic E-state index is -0.0926. The lowest BCUT2D eigenvalue weighted by Crippen LogP contribution is -2.20. The highest BCUT2D eigenvalue weighted by molar-refractivity contribution is 7.07. The predicted molar refractivity (Wildman–Crippen MR) is 604 cm³/mol. The number of imidazole rings is 1.